The number of para-hydroxylation sites is 1. The number of carbonyl (C=O) groups is 2. The molecule has 162 valence electrons. The van der Waals surface area contributed by atoms with E-state index in [1.54, 1.807) is 11.1 Å². The van der Waals surface area contributed by atoms with Crippen molar-refractivity contribution in [2.24, 2.45) is 5.92 Å². The maximum Gasteiger partial charge on any atom is 0.227 e. The van der Waals surface area contributed by atoms with Gasteiger partial charge in [-0.3, -0.25) is 14.6 Å². The van der Waals surface area contributed by atoms with E-state index in [0.717, 1.165) is 22.2 Å². The van der Waals surface area contributed by atoms with Crippen LogP contribution in [0.1, 0.15) is 17.5 Å². The molecule has 1 aliphatic rings. The van der Waals surface area contributed by atoms with Gasteiger partial charge in [-0.1, -0.05) is 36.1 Å². The smallest absolute Gasteiger partial charge is 0.227 e. The normalized spacial score (nSPS) is 15.4. The molecule has 6 heteroatoms. The van der Waals surface area contributed by atoms with Crippen molar-refractivity contribution in [1.29, 1.82) is 0 Å². The minimum atomic E-state index is -0.371. The summed E-state index contributed by atoms with van der Waals surface area (Å²) in [6.45, 7) is 4.85. The summed E-state index contributed by atoms with van der Waals surface area (Å²) in [7, 11) is 0. The number of ether oxygens (including phenoxy) is 1. The van der Waals surface area contributed by atoms with Gasteiger partial charge in [-0.05, 0) is 49.2 Å². The van der Waals surface area contributed by atoms with E-state index >= 15 is 0 Å². The van der Waals surface area contributed by atoms with E-state index in [4.69, 9.17) is 4.74 Å². The number of pyridine rings is 1. The van der Waals surface area contributed by atoms with Crippen LogP contribution in [0.3, 0.4) is 0 Å². The van der Waals surface area contributed by atoms with Crippen molar-refractivity contribution in [2.75, 3.05) is 24.6 Å². The van der Waals surface area contributed by atoms with Crippen LogP contribution in [0.25, 0.3) is 10.9 Å². The second-order valence-corrected chi connectivity index (χ2v) is 7.87. The predicted octanol–water partition coefficient (Wildman–Crippen LogP) is 3.40. The third-order valence-corrected chi connectivity index (χ3v) is 5.67. The number of rotatable bonds is 5. The molecule has 0 spiro atoms. The Kier molecular flexibility index (Phi) is 6.37. The van der Waals surface area contributed by atoms with Gasteiger partial charge in [0.25, 0.3) is 0 Å². The number of anilines is 1. The zero-order valence-electron chi connectivity index (χ0n) is 18.2. The van der Waals surface area contributed by atoms with E-state index in [1.807, 2.05) is 62.4 Å². The number of hydrogen-bond acceptors (Lipinski definition) is 4. The van der Waals surface area contributed by atoms with Crippen LogP contribution in [-0.4, -0.2) is 36.5 Å². The molecule has 4 rings (SSSR count). The molecule has 6 nitrogen and oxygen atoms in total. The number of amides is 2. The largest absolute Gasteiger partial charge is 0.479 e. The zero-order chi connectivity index (χ0) is 22.5. The fourth-order valence-electron chi connectivity index (χ4n) is 3.72. The van der Waals surface area contributed by atoms with Gasteiger partial charge >= 0.3 is 0 Å². The molecule has 2 heterocycles. The number of aromatic nitrogens is 1. The quantitative estimate of drug-likeness (QED) is 0.634. The molecule has 1 aliphatic heterocycles. The van der Waals surface area contributed by atoms with E-state index in [9.17, 15) is 9.59 Å². The van der Waals surface area contributed by atoms with Crippen LogP contribution in [0, 0.1) is 31.6 Å². The predicted molar refractivity (Wildman–Crippen MR) is 124 cm³/mol. The van der Waals surface area contributed by atoms with Gasteiger partial charge in [0.1, 0.15) is 17.9 Å². The molecule has 1 fully saturated rings. The Morgan fingerprint density at radius 1 is 1.16 bits per heavy atom. The Labute approximate surface area is 187 Å². The first-order valence-electron chi connectivity index (χ1n) is 10.6. The van der Waals surface area contributed by atoms with Gasteiger partial charge in [0, 0.05) is 30.2 Å². The standard InChI is InChI=1S/C26H25N3O3/c1-18-10-11-22(15-19(18)2)29-17-21(16-24(29)30)26(31)28-12-3-4-14-32-23-9-5-7-20-8-6-13-27-25(20)23/h5-11,13,15,21H,12,14,16-17H2,1-2H3,(H,28,31). The summed E-state index contributed by atoms with van der Waals surface area (Å²) in [5.41, 5.74) is 3.94. The molecule has 0 saturated carbocycles. The SMILES string of the molecule is Cc1ccc(N2CC(C(=O)NCC#CCOc3cccc4cccnc34)CC2=O)cc1C. The number of nitrogens with zero attached hydrogens (tertiary/aromatic N) is 2. The molecular weight excluding hydrogens is 402 g/mol. The van der Waals surface area contributed by atoms with Gasteiger partial charge < -0.3 is 15.0 Å². The monoisotopic (exact) mass is 427 g/mol. The molecule has 0 aliphatic carbocycles. The van der Waals surface area contributed by atoms with Crippen LogP contribution in [-0.2, 0) is 9.59 Å². The highest BCUT2D eigenvalue weighted by molar-refractivity contribution is 6.00. The average Bonchev–Trinajstić information content (AvgIpc) is 3.19. The maximum absolute atomic E-state index is 12.5. The number of aryl methyl sites for hydroxylation is 2. The van der Waals surface area contributed by atoms with Gasteiger partial charge in [0.05, 0.1) is 12.5 Å². The first-order valence-corrected chi connectivity index (χ1v) is 10.6. The summed E-state index contributed by atoms with van der Waals surface area (Å²) in [6.07, 6.45) is 1.94. The molecule has 1 unspecified atom stereocenters. The Bertz CT molecular complexity index is 1220. The summed E-state index contributed by atoms with van der Waals surface area (Å²) in [4.78, 5) is 31.0. The highest BCUT2D eigenvalue weighted by Crippen LogP contribution is 2.27. The minimum absolute atomic E-state index is 0.0309. The molecule has 2 aromatic carbocycles. The minimum Gasteiger partial charge on any atom is -0.479 e. The first-order chi connectivity index (χ1) is 15.5. The highest BCUT2D eigenvalue weighted by atomic mass is 16.5. The van der Waals surface area contributed by atoms with E-state index in [2.05, 4.69) is 22.1 Å². The molecular formula is C26H25N3O3. The Morgan fingerprint density at radius 2 is 2.00 bits per heavy atom. The molecule has 2 amide bonds. The lowest BCUT2D eigenvalue weighted by atomic mass is 10.1. The topological polar surface area (TPSA) is 71.5 Å². The van der Waals surface area contributed by atoms with Crippen LogP contribution in [0.2, 0.25) is 0 Å². The van der Waals surface area contributed by atoms with Crippen LogP contribution in [0.4, 0.5) is 5.69 Å². The van der Waals surface area contributed by atoms with Gasteiger partial charge in [-0.2, -0.15) is 0 Å². The molecule has 1 N–H and O–H groups in total. The van der Waals surface area contributed by atoms with Crippen molar-refractivity contribution in [1.82, 2.24) is 10.3 Å². The van der Waals surface area contributed by atoms with E-state index < -0.39 is 0 Å². The van der Waals surface area contributed by atoms with Gasteiger partial charge in [-0.15, -0.1) is 0 Å². The number of benzene rings is 2. The van der Waals surface area contributed by atoms with Gasteiger partial charge in [-0.25, -0.2) is 0 Å². The van der Waals surface area contributed by atoms with E-state index in [-0.39, 0.29) is 37.3 Å². The van der Waals surface area contributed by atoms with Crippen molar-refractivity contribution < 1.29 is 14.3 Å². The summed E-state index contributed by atoms with van der Waals surface area (Å²) in [6, 6.07) is 15.5. The second-order valence-electron chi connectivity index (χ2n) is 7.87. The number of carbonyl (C=O) groups excluding carboxylic acids is 2. The molecule has 1 saturated heterocycles. The van der Waals surface area contributed by atoms with Crippen molar-refractivity contribution in [3.63, 3.8) is 0 Å². The number of fused-ring (bicyclic) bond motifs is 1. The number of nitrogens with one attached hydrogen (secondary N) is 1. The van der Waals surface area contributed by atoms with Crippen LogP contribution in [0.5, 0.6) is 5.75 Å². The Hall–Kier alpha value is -3.85. The van der Waals surface area contributed by atoms with Crippen molar-refractivity contribution in [3.05, 3.63) is 65.9 Å². The summed E-state index contributed by atoms with van der Waals surface area (Å²) < 4.78 is 5.72. The summed E-state index contributed by atoms with van der Waals surface area (Å²) in [5.74, 6) is 5.93. The van der Waals surface area contributed by atoms with Crippen LogP contribution >= 0.6 is 0 Å². The second kappa shape index (κ2) is 9.52. The van der Waals surface area contributed by atoms with Crippen LogP contribution in [0.15, 0.2) is 54.7 Å². The first kappa shape index (κ1) is 21.4. The van der Waals surface area contributed by atoms with Gasteiger partial charge in [0.2, 0.25) is 11.8 Å². The molecule has 0 radical (unpaired) electrons. The van der Waals surface area contributed by atoms with Gasteiger partial charge in [0.15, 0.2) is 0 Å². The summed E-state index contributed by atoms with van der Waals surface area (Å²) in [5, 5.41) is 3.81. The van der Waals surface area contributed by atoms with Crippen molar-refractivity contribution in [3.8, 4) is 17.6 Å². The molecule has 0 bridgehead atoms. The molecule has 1 aromatic heterocycles. The molecule has 1 atom stereocenters. The molecule has 3 aromatic rings. The maximum atomic E-state index is 12.5. The van der Waals surface area contributed by atoms with E-state index in [0.29, 0.717) is 12.3 Å². The lowest BCUT2D eigenvalue weighted by molar-refractivity contribution is -0.126. The Morgan fingerprint density at radius 3 is 2.84 bits per heavy atom. The van der Waals surface area contributed by atoms with Crippen molar-refractivity contribution in [2.45, 2.75) is 20.3 Å². The Balaban J connectivity index is 1.26. The fourth-order valence-corrected chi connectivity index (χ4v) is 3.72. The third kappa shape index (κ3) is 4.73. The number of hydrogen-bond donors (Lipinski definition) is 1. The average molecular weight is 428 g/mol. The molecule has 32 heavy (non-hydrogen) atoms. The zero-order valence-corrected chi connectivity index (χ0v) is 18.2. The van der Waals surface area contributed by atoms with Crippen molar-refractivity contribution >= 4 is 28.4 Å². The summed E-state index contributed by atoms with van der Waals surface area (Å²) >= 11 is 0. The lowest BCUT2D eigenvalue weighted by Crippen LogP contribution is -2.33. The fraction of sp³-hybridized carbons (Fsp3) is 0.269. The third-order valence-electron chi connectivity index (χ3n) is 5.67. The van der Waals surface area contributed by atoms with E-state index in [1.165, 1.54) is 5.56 Å². The highest BCUT2D eigenvalue weighted by Gasteiger charge is 2.34. The van der Waals surface area contributed by atoms with Crippen LogP contribution < -0.4 is 15.0 Å². The lowest BCUT2D eigenvalue weighted by Gasteiger charge is -2.17.